The van der Waals surface area contributed by atoms with Crippen molar-refractivity contribution in [2.45, 2.75) is 38.3 Å². The Bertz CT molecular complexity index is 436. The molecule has 1 aromatic heterocycles. The number of hydrogen-bond donors (Lipinski definition) is 0. The van der Waals surface area contributed by atoms with Crippen LogP contribution >= 0.6 is 22.6 Å². The molecule has 0 unspecified atom stereocenters. The van der Waals surface area contributed by atoms with Crippen LogP contribution in [0.4, 0.5) is 13.2 Å². The van der Waals surface area contributed by atoms with Crippen molar-refractivity contribution in [1.29, 1.82) is 0 Å². The molecule has 1 aromatic rings. The van der Waals surface area contributed by atoms with Crippen LogP contribution in [-0.2, 0) is 11.6 Å². The lowest BCUT2D eigenvalue weighted by atomic mass is 9.84. The number of aromatic nitrogens is 1. The Hall–Kier alpha value is -0.330. The molecule has 1 heterocycles. The standard InChI is InChI=1S/C12H13F3IN/c1-7(2)11(4-5-11)9-8(16)3-6-17-10(9)12(13,14)15/h3,6-7H,4-5H2,1-2H3. The first kappa shape index (κ1) is 13.1. The Morgan fingerprint density at radius 1 is 1.35 bits per heavy atom. The maximum Gasteiger partial charge on any atom is 0.433 e. The highest BCUT2D eigenvalue weighted by atomic mass is 127. The normalized spacial score (nSPS) is 18.5. The molecule has 1 nitrogen and oxygen atoms in total. The van der Waals surface area contributed by atoms with Crippen LogP contribution in [0.1, 0.15) is 37.9 Å². The molecule has 2 rings (SSSR count). The minimum atomic E-state index is -4.36. The Kier molecular flexibility index (Phi) is 3.16. The lowest BCUT2D eigenvalue weighted by Gasteiger charge is -2.24. The Morgan fingerprint density at radius 3 is 2.35 bits per heavy atom. The molecule has 1 saturated carbocycles. The van der Waals surface area contributed by atoms with E-state index in [1.54, 1.807) is 6.07 Å². The van der Waals surface area contributed by atoms with Gasteiger partial charge in [-0.15, -0.1) is 0 Å². The first-order valence-electron chi connectivity index (χ1n) is 5.51. The SMILES string of the molecule is CC(C)C1(c2c(I)ccnc2C(F)(F)F)CC1. The fraction of sp³-hybridized carbons (Fsp3) is 0.583. The zero-order valence-corrected chi connectivity index (χ0v) is 11.8. The third kappa shape index (κ3) is 2.18. The molecule has 0 spiro atoms. The van der Waals surface area contributed by atoms with Gasteiger partial charge in [-0.2, -0.15) is 13.2 Å². The summed E-state index contributed by atoms with van der Waals surface area (Å²) in [5, 5.41) is 0. The van der Waals surface area contributed by atoms with Crippen molar-refractivity contribution in [1.82, 2.24) is 4.98 Å². The van der Waals surface area contributed by atoms with E-state index in [-0.39, 0.29) is 11.3 Å². The zero-order valence-electron chi connectivity index (χ0n) is 9.61. The maximum atomic E-state index is 13.0. The summed E-state index contributed by atoms with van der Waals surface area (Å²) in [7, 11) is 0. The van der Waals surface area contributed by atoms with Crippen LogP contribution in [0.15, 0.2) is 12.3 Å². The van der Waals surface area contributed by atoms with E-state index >= 15 is 0 Å². The van der Waals surface area contributed by atoms with E-state index < -0.39 is 11.9 Å². The van der Waals surface area contributed by atoms with E-state index in [1.165, 1.54) is 6.20 Å². The van der Waals surface area contributed by atoms with Gasteiger partial charge in [-0.3, -0.25) is 4.98 Å². The fourth-order valence-electron chi connectivity index (χ4n) is 2.38. The molecule has 0 radical (unpaired) electrons. The first-order valence-corrected chi connectivity index (χ1v) is 6.59. The molecule has 5 heteroatoms. The number of alkyl halides is 3. The zero-order chi connectivity index (χ0) is 12.8. The molecular formula is C12H13F3IN. The van der Waals surface area contributed by atoms with Crippen LogP contribution in [0.5, 0.6) is 0 Å². The van der Waals surface area contributed by atoms with Crippen LogP contribution < -0.4 is 0 Å². The molecule has 1 fully saturated rings. The fourth-order valence-corrected chi connectivity index (χ4v) is 3.33. The largest absolute Gasteiger partial charge is 0.433 e. The summed E-state index contributed by atoms with van der Waals surface area (Å²) in [4.78, 5) is 3.57. The molecule has 1 aliphatic carbocycles. The number of nitrogens with zero attached hydrogens (tertiary/aromatic N) is 1. The molecule has 0 amide bonds. The highest BCUT2D eigenvalue weighted by Gasteiger charge is 2.52. The molecule has 0 saturated heterocycles. The van der Waals surface area contributed by atoms with Gasteiger partial charge in [-0.05, 0) is 47.4 Å². The molecule has 0 atom stereocenters. The van der Waals surface area contributed by atoms with E-state index in [0.29, 0.717) is 9.13 Å². The number of hydrogen-bond acceptors (Lipinski definition) is 1. The van der Waals surface area contributed by atoms with E-state index in [1.807, 2.05) is 36.4 Å². The van der Waals surface area contributed by atoms with Gasteiger partial charge in [0.2, 0.25) is 0 Å². The summed E-state index contributed by atoms with van der Waals surface area (Å²) in [5.74, 6) is 0.210. The number of halogens is 4. The average molecular weight is 355 g/mol. The second-order valence-corrected chi connectivity index (χ2v) is 5.99. The van der Waals surface area contributed by atoms with Gasteiger partial charge in [0.05, 0.1) is 0 Å². The van der Waals surface area contributed by atoms with Gasteiger partial charge in [0.15, 0.2) is 0 Å². The average Bonchev–Trinajstić information content (AvgIpc) is 2.96. The monoisotopic (exact) mass is 355 g/mol. The summed E-state index contributed by atoms with van der Waals surface area (Å²) >= 11 is 1.98. The lowest BCUT2D eigenvalue weighted by molar-refractivity contribution is -0.142. The van der Waals surface area contributed by atoms with Crippen LogP contribution in [0.2, 0.25) is 0 Å². The quantitative estimate of drug-likeness (QED) is 0.717. The summed E-state index contributed by atoms with van der Waals surface area (Å²) < 4.78 is 39.6. The minimum absolute atomic E-state index is 0.210. The highest BCUT2D eigenvalue weighted by Crippen LogP contribution is 2.57. The van der Waals surface area contributed by atoms with E-state index in [2.05, 4.69) is 4.98 Å². The Labute approximate surface area is 112 Å². The molecule has 0 aliphatic heterocycles. The van der Waals surface area contributed by atoms with Gasteiger partial charge >= 0.3 is 6.18 Å². The second-order valence-electron chi connectivity index (χ2n) is 4.82. The van der Waals surface area contributed by atoms with Crippen molar-refractivity contribution >= 4 is 22.6 Å². The smallest absolute Gasteiger partial charge is 0.251 e. The minimum Gasteiger partial charge on any atom is -0.251 e. The van der Waals surface area contributed by atoms with Crippen molar-refractivity contribution in [3.63, 3.8) is 0 Å². The molecular weight excluding hydrogens is 342 g/mol. The van der Waals surface area contributed by atoms with Gasteiger partial charge < -0.3 is 0 Å². The van der Waals surface area contributed by atoms with Gasteiger partial charge in [-0.25, -0.2) is 0 Å². The summed E-state index contributed by atoms with van der Waals surface area (Å²) in [5.41, 5.74) is -0.603. The third-order valence-electron chi connectivity index (χ3n) is 3.56. The van der Waals surface area contributed by atoms with Crippen LogP contribution in [0.3, 0.4) is 0 Å². The topological polar surface area (TPSA) is 12.9 Å². The molecule has 0 N–H and O–H groups in total. The van der Waals surface area contributed by atoms with Crippen LogP contribution in [-0.4, -0.2) is 4.98 Å². The molecule has 94 valence electrons. The van der Waals surface area contributed by atoms with Gasteiger partial charge in [0, 0.05) is 20.7 Å². The predicted molar refractivity (Wildman–Crippen MR) is 67.7 cm³/mol. The van der Waals surface area contributed by atoms with Crippen molar-refractivity contribution < 1.29 is 13.2 Å². The maximum absolute atomic E-state index is 13.0. The molecule has 17 heavy (non-hydrogen) atoms. The highest BCUT2D eigenvalue weighted by molar-refractivity contribution is 14.1. The van der Waals surface area contributed by atoms with Crippen molar-refractivity contribution in [3.8, 4) is 0 Å². The van der Waals surface area contributed by atoms with E-state index in [0.717, 1.165) is 12.8 Å². The van der Waals surface area contributed by atoms with Crippen molar-refractivity contribution in [2.24, 2.45) is 5.92 Å². The van der Waals surface area contributed by atoms with Crippen LogP contribution in [0, 0.1) is 9.49 Å². The summed E-state index contributed by atoms with van der Waals surface area (Å²) in [6.45, 7) is 3.96. The Balaban J connectivity index is 2.61. The molecule has 0 bridgehead atoms. The first-order chi connectivity index (χ1) is 7.79. The summed E-state index contributed by atoms with van der Waals surface area (Å²) in [6, 6.07) is 1.66. The van der Waals surface area contributed by atoms with E-state index in [9.17, 15) is 13.2 Å². The van der Waals surface area contributed by atoms with Gasteiger partial charge in [0.25, 0.3) is 0 Å². The number of rotatable bonds is 2. The van der Waals surface area contributed by atoms with Crippen molar-refractivity contribution in [2.75, 3.05) is 0 Å². The predicted octanol–water partition coefficient (Wildman–Crippen LogP) is 4.39. The molecule has 0 aromatic carbocycles. The van der Waals surface area contributed by atoms with E-state index in [4.69, 9.17) is 0 Å². The van der Waals surface area contributed by atoms with Gasteiger partial charge in [-0.1, -0.05) is 13.8 Å². The van der Waals surface area contributed by atoms with Crippen LogP contribution in [0.25, 0.3) is 0 Å². The number of pyridine rings is 1. The Morgan fingerprint density at radius 2 is 1.94 bits per heavy atom. The third-order valence-corrected chi connectivity index (χ3v) is 4.46. The molecule has 1 aliphatic rings. The van der Waals surface area contributed by atoms with Gasteiger partial charge in [0.1, 0.15) is 5.69 Å². The summed E-state index contributed by atoms with van der Waals surface area (Å²) in [6.07, 6.45) is -1.46. The van der Waals surface area contributed by atoms with Crippen molar-refractivity contribution in [3.05, 3.63) is 27.1 Å². The lowest BCUT2D eigenvalue weighted by Crippen LogP contribution is -2.23. The second kappa shape index (κ2) is 4.10.